The van der Waals surface area contributed by atoms with E-state index in [2.05, 4.69) is 5.10 Å². The summed E-state index contributed by atoms with van der Waals surface area (Å²) >= 11 is 0. The van der Waals surface area contributed by atoms with E-state index in [9.17, 15) is 8.78 Å². The van der Waals surface area contributed by atoms with Crippen LogP contribution in [0.4, 0.5) is 8.78 Å². The zero-order valence-electron chi connectivity index (χ0n) is 7.61. The molecule has 0 aliphatic heterocycles. The minimum Gasteiger partial charge on any atom is -0.322 e. The second-order valence-electron chi connectivity index (χ2n) is 3.25. The van der Waals surface area contributed by atoms with Gasteiger partial charge in [0, 0.05) is 12.2 Å². The topological polar surface area (TPSA) is 43.8 Å². The van der Waals surface area contributed by atoms with Gasteiger partial charge in [-0.3, -0.25) is 0 Å². The zero-order valence-corrected chi connectivity index (χ0v) is 7.61. The maximum absolute atomic E-state index is 12.3. The maximum Gasteiger partial charge on any atom is 0.333 e. The van der Waals surface area contributed by atoms with E-state index in [1.54, 1.807) is 0 Å². The van der Waals surface area contributed by atoms with Crippen molar-refractivity contribution in [3.05, 3.63) is 18.0 Å². The first-order valence-electron chi connectivity index (χ1n) is 4.11. The van der Waals surface area contributed by atoms with E-state index in [4.69, 9.17) is 5.73 Å². The van der Waals surface area contributed by atoms with Crippen LogP contribution in [0.2, 0.25) is 0 Å². The van der Waals surface area contributed by atoms with E-state index >= 15 is 0 Å². The van der Waals surface area contributed by atoms with Crippen molar-refractivity contribution in [3.63, 3.8) is 0 Å². The standard InChI is InChI=1S/C8H13F2N3/c1-5(2)7(11)6-3-4-12-13(6)8(9)10/h3-5,7-8H,11H2,1-2H3. The molecule has 1 aromatic rings. The summed E-state index contributed by atoms with van der Waals surface area (Å²) in [5.41, 5.74) is 6.11. The van der Waals surface area contributed by atoms with Gasteiger partial charge in [-0.05, 0) is 12.0 Å². The second kappa shape index (κ2) is 3.83. The number of alkyl halides is 2. The predicted octanol–water partition coefficient (Wildman–Crippen LogP) is 1.93. The molecule has 0 spiro atoms. The number of hydrogen-bond acceptors (Lipinski definition) is 2. The highest BCUT2D eigenvalue weighted by atomic mass is 19.3. The Hall–Kier alpha value is -0.970. The second-order valence-corrected chi connectivity index (χ2v) is 3.25. The largest absolute Gasteiger partial charge is 0.333 e. The zero-order chi connectivity index (χ0) is 10.0. The summed E-state index contributed by atoms with van der Waals surface area (Å²) < 4.78 is 25.3. The van der Waals surface area contributed by atoms with Crippen molar-refractivity contribution in [1.29, 1.82) is 0 Å². The Morgan fingerprint density at radius 1 is 1.46 bits per heavy atom. The van der Waals surface area contributed by atoms with Crippen LogP contribution in [0.5, 0.6) is 0 Å². The number of nitrogens with zero attached hydrogens (tertiary/aromatic N) is 2. The lowest BCUT2D eigenvalue weighted by Crippen LogP contribution is -2.21. The Morgan fingerprint density at radius 3 is 2.54 bits per heavy atom. The van der Waals surface area contributed by atoms with Crippen LogP contribution in [0.1, 0.15) is 32.1 Å². The van der Waals surface area contributed by atoms with Crippen LogP contribution in [0.25, 0.3) is 0 Å². The van der Waals surface area contributed by atoms with Crippen LogP contribution in [0.3, 0.4) is 0 Å². The van der Waals surface area contributed by atoms with Gasteiger partial charge >= 0.3 is 6.55 Å². The average Bonchev–Trinajstić information content (AvgIpc) is 2.50. The summed E-state index contributed by atoms with van der Waals surface area (Å²) in [5.74, 6) is 0.120. The maximum atomic E-state index is 12.3. The predicted molar refractivity (Wildman–Crippen MR) is 45.2 cm³/mol. The minimum absolute atomic E-state index is 0.120. The fourth-order valence-corrected chi connectivity index (χ4v) is 1.09. The van der Waals surface area contributed by atoms with Crippen molar-refractivity contribution in [2.45, 2.75) is 26.4 Å². The SMILES string of the molecule is CC(C)C(N)c1ccnn1C(F)F. The number of nitrogens with two attached hydrogens (primary N) is 1. The van der Waals surface area contributed by atoms with Crippen LogP contribution >= 0.6 is 0 Å². The van der Waals surface area contributed by atoms with Gasteiger partial charge in [0.05, 0.1) is 5.69 Å². The number of rotatable bonds is 3. The molecule has 0 aliphatic rings. The normalized spacial score (nSPS) is 14.1. The van der Waals surface area contributed by atoms with Crippen LogP contribution in [0.15, 0.2) is 12.3 Å². The van der Waals surface area contributed by atoms with Gasteiger partial charge < -0.3 is 5.73 Å². The molecule has 0 bridgehead atoms. The Labute approximate surface area is 75.5 Å². The molecule has 0 amide bonds. The molecule has 74 valence electrons. The van der Waals surface area contributed by atoms with Crippen molar-refractivity contribution >= 4 is 0 Å². The summed E-state index contributed by atoms with van der Waals surface area (Å²) in [6.45, 7) is 1.15. The molecule has 1 unspecified atom stereocenters. The molecule has 0 saturated heterocycles. The molecular formula is C8H13F2N3. The van der Waals surface area contributed by atoms with Crippen molar-refractivity contribution < 1.29 is 8.78 Å². The van der Waals surface area contributed by atoms with Gasteiger partial charge in [0.2, 0.25) is 0 Å². The molecule has 13 heavy (non-hydrogen) atoms. The van der Waals surface area contributed by atoms with Crippen molar-refractivity contribution in [1.82, 2.24) is 9.78 Å². The molecule has 1 aromatic heterocycles. The molecule has 0 aromatic carbocycles. The monoisotopic (exact) mass is 189 g/mol. The van der Waals surface area contributed by atoms with Crippen LogP contribution in [-0.4, -0.2) is 9.78 Å². The Morgan fingerprint density at radius 2 is 2.08 bits per heavy atom. The highest BCUT2D eigenvalue weighted by Crippen LogP contribution is 2.22. The van der Waals surface area contributed by atoms with E-state index in [1.807, 2.05) is 13.8 Å². The average molecular weight is 189 g/mol. The first-order chi connectivity index (χ1) is 6.04. The van der Waals surface area contributed by atoms with Gasteiger partial charge in [-0.25, -0.2) is 4.68 Å². The van der Waals surface area contributed by atoms with Crippen molar-refractivity contribution in [2.75, 3.05) is 0 Å². The lowest BCUT2D eigenvalue weighted by atomic mass is 10.0. The first-order valence-corrected chi connectivity index (χ1v) is 4.11. The van der Waals surface area contributed by atoms with Gasteiger partial charge in [-0.15, -0.1) is 0 Å². The molecule has 0 saturated carbocycles. The lowest BCUT2D eigenvalue weighted by molar-refractivity contribution is 0.0514. The Kier molecular flexibility index (Phi) is 2.98. The van der Waals surface area contributed by atoms with Gasteiger partial charge in [0.1, 0.15) is 0 Å². The van der Waals surface area contributed by atoms with Gasteiger partial charge in [-0.1, -0.05) is 13.8 Å². The third kappa shape index (κ3) is 2.03. The lowest BCUT2D eigenvalue weighted by Gasteiger charge is -2.16. The summed E-state index contributed by atoms with van der Waals surface area (Å²) in [5, 5.41) is 3.51. The van der Waals surface area contributed by atoms with E-state index in [0.717, 1.165) is 0 Å². The smallest absolute Gasteiger partial charge is 0.322 e. The fraction of sp³-hybridized carbons (Fsp3) is 0.625. The third-order valence-electron chi connectivity index (χ3n) is 1.95. The molecule has 0 aliphatic carbocycles. The summed E-state index contributed by atoms with van der Waals surface area (Å²) in [4.78, 5) is 0. The van der Waals surface area contributed by atoms with Gasteiger partial charge in [0.25, 0.3) is 0 Å². The molecule has 1 heterocycles. The van der Waals surface area contributed by atoms with E-state index in [-0.39, 0.29) is 5.92 Å². The van der Waals surface area contributed by atoms with E-state index in [1.165, 1.54) is 12.3 Å². The quantitative estimate of drug-likeness (QED) is 0.789. The van der Waals surface area contributed by atoms with Gasteiger partial charge in [0.15, 0.2) is 0 Å². The number of hydrogen-bond donors (Lipinski definition) is 1. The van der Waals surface area contributed by atoms with E-state index in [0.29, 0.717) is 10.4 Å². The highest BCUT2D eigenvalue weighted by Gasteiger charge is 2.19. The molecule has 5 heteroatoms. The summed E-state index contributed by atoms with van der Waals surface area (Å²) in [7, 11) is 0. The molecule has 3 nitrogen and oxygen atoms in total. The molecule has 0 fully saturated rings. The van der Waals surface area contributed by atoms with Gasteiger partial charge in [-0.2, -0.15) is 13.9 Å². The minimum atomic E-state index is -2.62. The molecule has 1 rings (SSSR count). The van der Waals surface area contributed by atoms with Crippen LogP contribution < -0.4 is 5.73 Å². The molecule has 1 atom stereocenters. The number of halogens is 2. The molecular weight excluding hydrogens is 176 g/mol. The summed E-state index contributed by atoms with van der Waals surface area (Å²) in [6, 6.07) is 1.13. The number of aromatic nitrogens is 2. The van der Waals surface area contributed by atoms with Crippen LogP contribution in [0, 0.1) is 5.92 Å². The van der Waals surface area contributed by atoms with Crippen LogP contribution in [-0.2, 0) is 0 Å². The van der Waals surface area contributed by atoms with Crippen molar-refractivity contribution in [2.24, 2.45) is 11.7 Å². The first kappa shape index (κ1) is 10.1. The van der Waals surface area contributed by atoms with Crippen molar-refractivity contribution in [3.8, 4) is 0 Å². The third-order valence-corrected chi connectivity index (χ3v) is 1.95. The van der Waals surface area contributed by atoms with E-state index < -0.39 is 12.6 Å². The molecule has 2 N–H and O–H groups in total. The Balaban J connectivity index is 2.93. The summed E-state index contributed by atoms with van der Waals surface area (Å²) in [6.07, 6.45) is 1.34. The Bertz CT molecular complexity index is 270. The fourth-order valence-electron chi connectivity index (χ4n) is 1.09. The molecule has 0 radical (unpaired) electrons. The highest BCUT2D eigenvalue weighted by molar-refractivity contribution is 5.07.